The molecule has 0 bridgehead atoms. The number of amides is 1. The van der Waals surface area contributed by atoms with Gasteiger partial charge in [-0.15, -0.1) is 0 Å². The third-order valence-corrected chi connectivity index (χ3v) is 8.14. The highest BCUT2D eigenvalue weighted by Gasteiger charge is 2.36. The molecular weight excluding hydrogens is 478 g/mol. The molecule has 2 aromatic carbocycles. The van der Waals surface area contributed by atoms with Gasteiger partial charge in [-0.3, -0.25) is 9.59 Å². The van der Waals surface area contributed by atoms with Gasteiger partial charge in [-0.25, -0.2) is 4.79 Å². The van der Waals surface area contributed by atoms with Gasteiger partial charge < -0.3 is 14.8 Å². The molecule has 6 heteroatoms. The van der Waals surface area contributed by atoms with Crippen molar-refractivity contribution in [2.24, 2.45) is 17.8 Å². The van der Waals surface area contributed by atoms with Crippen LogP contribution in [0.15, 0.2) is 60.7 Å². The summed E-state index contributed by atoms with van der Waals surface area (Å²) in [6.07, 6.45) is 9.07. The second-order valence-electron chi connectivity index (χ2n) is 10.6. The molecule has 2 aromatic rings. The van der Waals surface area contributed by atoms with Crippen LogP contribution >= 0.6 is 0 Å². The maximum atomic E-state index is 13.5. The highest BCUT2D eigenvalue weighted by atomic mass is 16.5. The minimum atomic E-state index is -0.710. The molecule has 1 N–H and O–H groups in total. The summed E-state index contributed by atoms with van der Waals surface area (Å²) in [5, 5.41) is 2.63. The fourth-order valence-electron chi connectivity index (χ4n) is 6.14. The SMILES string of the molecule is COC(=O)[C@H](CC=CCC1C(C)CCCCC1C(=O)OCC1c2ccccc2-c2ccccc21)NC(C)=O. The van der Waals surface area contributed by atoms with Gasteiger partial charge in [0.25, 0.3) is 0 Å². The summed E-state index contributed by atoms with van der Waals surface area (Å²) in [7, 11) is 1.31. The molecule has 0 heterocycles. The quantitative estimate of drug-likeness (QED) is 0.258. The van der Waals surface area contributed by atoms with Gasteiger partial charge in [0.05, 0.1) is 13.0 Å². The van der Waals surface area contributed by atoms with Gasteiger partial charge in [-0.1, -0.05) is 86.9 Å². The molecule has 202 valence electrons. The fraction of sp³-hybridized carbons (Fsp3) is 0.469. The summed E-state index contributed by atoms with van der Waals surface area (Å²) in [6, 6.07) is 16.0. The first-order chi connectivity index (χ1) is 18.4. The van der Waals surface area contributed by atoms with Crippen molar-refractivity contribution < 1.29 is 23.9 Å². The Labute approximate surface area is 225 Å². The Morgan fingerprint density at radius 2 is 1.61 bits per heavy atom. The van der Waals surface area contributed by atoms with E-state index in [1.165, 1.54) is 36.3 Å². The van der Waals surface area contributed by atoms with Crippen LogP contribution in [0.25, 0.3) is 11.1 Å². The van der Waals surface area contributed by atoms with Gasteiger partial charge >= 0.3 is 11.9 Å². The predicted molar refractivity (Wildman–Crippen MR) is 147 cm³/mol. The summed E-state index contributed by atoms with van der Waals surface area (Å²) in [5.74, 6) is -0.399. The Morgan fingerprint density at radius 1 is 0.974 bits per heavy atom. The van der Waals surface area contributed by atoms with Crippen molar-refractivity contribution in [3.63, 3.8) is 0 Å². The molecule has 2 aliphatic rings. The number of ether oxygens (including phenoxy) is 2. The van der Waals surface area contributed by atoms with E-state index in [1.54, 1.807) is 0 Å². The van der Waals surface area contributed by atoms with Crippen LogP contribution in [0.4, 0.5) is 0 Å². The van der Waals surface area contributed by atoms with E-state index in [9.17, 15) is 14.4 Å². The van der Waals surface area contributed by atoms with Gasteiger partial charge in [0, 0.05) is 12.8 Å². The van der Waals surface area contributed by atoms with Gasteiger partial charge in [-0.05, 0) is 53.4 Å². The monoisotopic (exact) mass is 517 g/mol. The average Bonchev–Trinajstić information content (AvgIpc) is 3.12. The first kappa shape index (κ1) is 27.6. The van der Waals surface area contributed by atoms with Crippen molar-refractivity contribution in [2.75, 3.05) is 13.7 Å². The van der Waals surface area contributed by atoms with Crippen LogP contribution in [0, 0.1) is 17.8 Å². The number of rotatable bonds is 9. The number of methoxy groups -OCH3 is 1. The van der Waals surface area contributed by atoms with E-state index in [-0.39, 0.29) is 29.6 Å². The standard InChI is InChI=1S/C32H39NO5/c1-21-12-4-5-18-28(23(21)13-10-11-19-30(32(36)37-3)33-22(2)34)31(35)38-20-29-26-16-8-6-14-24(26)25-15-7-9-17-27(25)29/h6-11,14-17,21,23,28-30H,4-5,12-13,18-20H2,1-3H3,(H,33,34)/t21?,23?,28?,30-/m0/s1. The van der Waals surface area contributed by atoms with E-state index in [1.807, 2.05) is 24.3 Å². The van der Waals surface area contributed by atoms with E-state index in [0.717, 1.165) is 32.1 Å². The number of allylic oxidation sites excluding steroid dienone is 1. The summed E-state index contributed by atoms with van der Waals surface area (Å²) in [6.45, 7) is 3.95. The first-order valence-corrected chi connectivity index (χ1v) is 13.8. The normalized spacial score (nSPS) is 21.7. The van der Waals surface area contributed by atoms with Crippen LogP contribution in [-0.2, 0) is 23.9 Å². The molecule has 6 nitrogen and oxygen atoms in total. The number of benzene rings is 2. The van der Waals surface area contributed by atoms with Crippen molar-refractivity contribution in [1.29, 1.82) is 0 Å². The lowest BCUT2D eigenvalue weighted by Crippen LogP contribution is -2.39. The molecular formula is C32H39NO5. The number of hydrogen-bond acceptors (Lipinski definition) is 5. The summed E-state index contributed by atoms with van der Waals surface area (Å²) in [5.41, 5.74) is 4.88. The molecule has 1 saturated carbocycles. The molecule has 0 spiro atoms. The lowest BCUT2D eigenvalue weighted by molar-refractivity contribution is -0.151. The third kappa shape index (κ3) is 6.35. The number of nitrogens with one attached hydrogen (secondary N) is 1. The second-order valence-corrected chi connectivity index (χ2v) is 10.6. The van der Waals surface area contributed by atoms with Crippen molar-refractivity contribution in [3.8, 4) is 11.1 Å². The maximum absolute atomic E-state index is 13.5. The summed E-state index contributed by atoms with van der Waals surface area (Å²) in [4.78, 5) is 37.0. The van der Waals surface area contributed by atoms with Crippen molar-refractivity contribution >= 4 is 17.8 Å². The molecule has 2 aliphatic carbocycles. The van der Waals surface area contributed by atoms with Gasteiger partial charge in [0.2, 0.25) is 5.91 Å². The molecule has 0 aliphatic heterocycles. The Hall–Kier alpha value is -3.41. The molecule has 4 rings (SSSR count). The number of hydrogen-bond donors (Lipinski definition) is 1. The van der Waals surface area contributed by atoms with Crippen molar-refractivity contribution in [2.45, 2.75) is 64.3 Å². The molecule has 0 saturated heterocycles. The molecule has 1 amide bonds. The number of carbonyl (C=O) groups excluding carboxylic acids is 3. The molecule has 4 atom stereocenters. The molecule has 1 fully saturated rings. The predicted octanol–water partition coefficient (Wildman–Crippen LogP) is 5.80. The van der Waals surface area contributed by atoms with Gasteiger partial charge in [0.1, 0.15) is 12.6 Å². The van der Waals surface area contributed by atoms with Gasteiger partial charge in [0.15, 0.2) is 0 Å². The van der Waals surface area contributed by atoms with E-state index >= 15 is 0 Å². The zero-order valence-electron chi connectivity index (χ0n) is 22.7. The smallest absolute Gasteiger partial charge is 0.328 e. The van der Waals surface area contributed by atoms with E-state index in [0.29, 0.717) is 18.9 Å². The largest absolute Gasteiger partial charge is 0.467 e. The zero-order chi connectivity index (χ0) is 27.1. The topological polar surface area (TPSA) is 81.7 Å². The minimum Gasteiger partial charge on any atom is -0.467 e. The van der Waals surface area contributed by atoms with Crippen molar-refractivity contribution in [1.82, 2.24) is 5.32 Å². The Kier molecular flexibility index (Phi) is 9.38. The highest BCUT2D eigenvalue weighted by molar-refractivity contribution is 5.83. The lowest BCUT2D eigenvalue weighted by Gasteiger charge is -2.28. The van der Waals surface area contributed by atoms with Crippen LogP contribution in [-0.4, -0.2) is 37.6 Å². The van der Waals surface area contributed by atoms with Gasteiger partial charge in [-0.2, -0.15) is 0 Å². The lowest BCUT2D eigenvalue weighted by atomic mass is 9.79. The maximum Gasteiger partial charge on any atom is 0.328 e. The number of carbonyl (C=O) groups is 3. The molecule has 0 aromatic heterocycles. The highest BCUT2D eigenvalue weighted by Crippen LogP contribution is 2.45. The van der Waals surface area contributed by atoms with Crippen LogP contribution in [0.5, 0.6) is 0 Å². The summed E-state index contributed by atoms with van der Waals surface area (Å²) >= 11 is 0. The number of fused-ring (bicyclic) bond motifs is 3. The average molecular weight is 518 g/mol. The molecule has 38 heavy (non-hydrogen) atoms. The van der Waals surface area contributed by atoms with E-state index in [2.05, 4.69) is 48.6 Å². The van der Waals surface area contributed by atoms with Crippen LogP contribution in [0.1, 0.15) is 69.4 Å². The molecule has 0 radical (unpaired) electrons. The first-order valence-electron chi connectivity index (χ1n) is 13.8. The third-order valence-electron chi connectivity index (χ3n) is 8.14. The Bertz CT molecular complexity index is 1130. The van der Waals surface area contributed by atoms with Crippen LogP contribution in [0.2, 0.25) is 0 Å². The zero-order valence-corrected chi connectivity index (χ0v) is 22.7. The fourth-order valence-corrected chi connectivity index (χ4v) is 6.14. The number of esters is 2. The van der Waals surface area contributed by atoms with Crippen molar-refractivity contribution in [3.05, 3.63) is 71.8 Å². The Balaban J connectivity index is 1.42. The van der Waals surface area contributed by atoms with Crippen LogP contribution in [0.3, 0.4) is 0 Å². The molecule has 3 unspecified atom stereocenters. The van der Waals surface area contributed by atoms with Crippen LogP contribution < -0.4 is 5.32 Å². The second kappa shape index (κ2) is 12.9. The van der Waals surface area contributed by atoms with E-state index in [4.69, 9.17) is 9.47 Å². The van der Waals surface area contributed by atoms with E-state index < -0.39 is 12.0 Å². The minimum absolute atomic E-state index is 0.0527. The summed E-state index contributed by atoms with van der Waals surface area (Å²) < 4.78 is 10.9. The Morgan fingerprint density at radius 3 is 2.24 bits per heavy atom.